The third-order valence-electron chi connectivity index (χ3n) is 6.35. The lowest BCUT2D eigenvalue weighted by molar-refractivity contribution is 0.161. The first-order chi connectivity index (χ1) is 16.9. The number of piperazine rings is 1. The highest BCUT2D eigenvalue weighted by molar-refractivity contribution is 6.01. The van der Waals surface area contributed by atoms with E-state index in [1.54, 1.807) is 18.1 Å². The van der Waals surface area contributed by atoms with Gasteiger partial charge in [0, 0.05) is 61.0 Å². The summed E-state index contributed by atoms with van der Waals surface area (Å²) in [6.45, 7) is 5.50. The van der Waals surface area contributed by atoms with Crippen LogP contribution < -0.4 is 15.4 Å². The number of carbonyl (C=O) groups is 1. The van der Waals surface area contributed by atoms with E-state index < -0.39 is 0 Å². The lowest BCUT2D eigenvalue weighted by Crippen LogP contribution is -2.57. The van der Waals surface area contributed by atoms with E-state index in [0.29, 0.717) is 18.0 Å². The summed E-state index contributed by atoms with van der Waals surface area (Å²) in [5.41, 5.74) is 4.75. The second-order valence-corrected chi connectivity index (χ2v) is 8.96. The van der Waals surface area contributed by atoms with Gasteiger partial charge >= 0.3 is 6.03 Å². The number of nitrogens with zero attached hydrogens (tertiary/aromatic N) is 5. The third kappa shape index (κ3) is 4.42. The Morgan fingerprint density at radius 2 is 1.94 bits per heavy atom. The molecular weight excluding hydrogens is 442 g/mol. The van der Waals surface area contributed by atoms with Crippen LogP contribution in [0.15, 0.2) is 55.0 Å². The number of ether oxygens (including phenoxy) is 1. The number of aryl methyl sites for hydroxylation is 1. The van der Waals surface area contributed by atoms with Crippen molar-refractivity contribution in [2.75, 3.05) is 25.5 Å². The molecule has 9 heteroatoms. The highest BCUT2D eigenvalue weighted by atomic mass is 16.5. The van der Waals surface area contributed by atoms with Crippen molar-refractivity contribution in [3.05, 3.63) is 55.0 Å². The van der Waals surface area contributed by atoms with Gasteiger partial charge in [-0.3, -0.25) is 4.68 Å². The van der Waals surface area contributed by atoms with Gasteiger partial charge in [-0.1, -0.05) is 30.3 Å². The number of methoxy groups -OCH3 is 1. The molecule has 180 valence electrons. The van der Waals surface area contributed by atoms with Crippen molar-refractivity contribution in [1.29, 1.82) is 0 Å². The van der Waals surface area contributed by atoms with Gasteiger partial charge in [0.05, 0.1) is 24.0 Å². The van der Waals surface area contributed by atoms with E-state index >= 15 is 0 Å². The zero-order valence-electron chi connectivity index (χ0n) is 20.3. The van der Waals surface area contributed by atoms with Crippen LogP contribution in [0.2, 0.25) is 0 Å². The first kappa shape index (κ1) is 22.8. The molecule has 0 unspecified atom stereocenters. The zero-order chi connectivity index (χ0) is 24.5. The molecule has 2 amide bonds. The van der Waals surface area contributed by atoms with Crippen LogP contribution in [0.25, 0.3) is 33.4 Å². The molecule has 0 aliphatic carbocycles. The quantitative estimate of drug-likeness (QED) is 0.468. The Balaban J connectivity index is 1.59. The standard InChI is InChI=1S/C26H29N7O2/c1-16-13-33(17(2)12-27-16)26(34)30-22-10-19-21(11-23(22)35-4)28-15-29-25(19)20-14-32(3)31-24(20)18-8-6-5-7-9-18/h5-11,14-17,27H,12-13H2,1-4H3,(H,30,34)/t16-,17+/m1/s1. The molecule has 2 aromatic carbocycles. The van der Waals surface area contributed by atoms with Crippen molar-refractivity contribution in [3.63, 3.8) is 0 Å². The van der Waals surface area contributed by atoms with Crippen molar-refractivity contribution in [2.24, 2.45) is 7.05 Å². The number of anilines is 1. The minimum atomic E-state index is -0.159. The molecule has 2 atom stereocenters. The fourth-order valence-electron chi connectivity index (χ4n) is 4.53. The van der Waals surface area contributed by atoms with E-state index in [1.165, 1.54) is 0 Å². The molecule has 0 bridgehead atoms. The Morgan fingerprint density at radius 3 is 2.71 bits per heavy atom. The summed E-state index contributed by atoms with van der Waals surface area (Å²) in [4.78, 5) is 24.2. The zero-order valence-corrected chi connectivity index (χ0v) is 20.3. The van der Waals surface area contributed by atoms with Crippen LogP contribution in [-0.2, 0) is 7.05 Å². The van der Waals surface area contributed by atoms with Gasteiger partial charge < -0.3 is 20.3 Å². The topological polar surface area (TPSA) is 97.2 Å². The largest absolute Gasteiger partial charge is 0.494 e. The molecular formula is C26H29N7O2. The minimum absolute atomic E-state index is 0.0837. The molecule has 2 N–H and O–H groups in total. The van der Waals surface area contributed by atoms with E-state index in [0.717, 1.165) is 40.0 Å². The lowest BCUT2D eigenvalue weighted by Gasteiger charge is -2.37. The Labute approximate surface area is 204 Å². The highest BCUT2D eigenvalue weighted by Gasteiger charge is 2.27. The predicted molar refractivity (Wildman–Crippen MR) is 136 cm³/mol. The summed E-state index contributed by atoms with van der Waals surface area (Å²) < 4.78 is 7.39. The van der Waals surface area contributed by atoms with Gasteiger partial charge in [-0.15, -0.1) is 0 Å². The maximum absolute atomic E-state index is 13.2. The van der Waals surface area contributed by atoms with Crippen LogP contribution in [0.4, 0.5) is 10.5 Å². The summed E-state index contributed by atoms with van der Waals surface area (Å²) in [6, 6.07) is 13.9. The first-order valence-electron chi connectivity index (χ1n) is 11.7. The van der Waals surface area contributed by atoms with Gasteiger partial charge in [0.1, 0.15) is 17.8 Å². The second-order valence-electron chi connectivity index (χ2n) is 8.96. The molecule has 35 heavy (non-hydrogen) atoms. The highest BCUT2D eigenvalue weighted by Crippen LogP contribution is 2.37. The number of nitrogens with one attached hydrogen (secondary N) is 2. The van der Waals surface area contributed by atoms with Gasteiger partial charge in [0.15, 0.2) is 0 Å². The molecule has 1 saturated heterocycles. The van der Waals surface area contributed by atoms with Gasteiger partial charge in [-0.25, -0.2) is 14.8 Å². The molecule has 3 heterocycles. The van der Waals surface area contributed by atoms with Crippen LogP contribution >= 0.6 is 0 Å². The number of urea groups is 1. The van der Waals surface area contributed by atoms with E-state index in [-0.39, 0.29) is 18.1 Å². The average Bonchev–Trinajstić information content (AvgIpc) is 3.26. The number of aromatic nitrogens is 4. The number of rotatable bonds is 4. The Morgan fingerprint density at radius 1 is 1.14 bits per heavy atom. The molecule has 2 aromatic heterocycles. The van der Waals surface area contributed by atoms with Crippen molar-refractivity contribution >= 4 is 22.6 Å². The molecule has 0 radical (unpaired) electrons. The summed E-state index contributed by atoms with van der Waals surface area (Å²) in [7, 11) is 3.48. The van der Waals surface area contributed by atoms with Crippen LogP contribution in [0.3, 0.4) is 0 Å². The van der Waals surface area contributed by atoms with Crippen LogP contribution in [0.1, 0.15) is 13.8 Å². The number of hydrogen-bond acceptors (Lipinski definition) is 6. The monoisotopic (exact) mass is 471 g/mol. The second kappa shape index (κ2) is 9.34. The molecule has 9 nitrogen and oxygen atoms in total. The molecule has 0 spiro atoms. The lowest BCUT2D eigenvalue weighted by atomic mass is 10.0. The van der Waals surface area contributed by atoms with Gasteiger partial charge in [-0.05, 0) is 19.9 Å². The SMILES string of the molecule is COc1cc2ncnc(-c3cn(C)nc3-c3ccccc3)c2cc1NC(=O)N1C[C@@H](C)NC[C@@H]1C. The van der Waals surface area contributed by atoms with Crippen molar-refractivity contribution in [3.8, 4) is 28.3 Å². The smallest absolute Gasteiger partial charge is 0.322 e. The Kier molecular flexibility index (Phi) is 6.08. The molecule has 0 saturated carbocycles. The van der Waals surface area contributed by atoms with E-state index in [2.05, 4.69) is 27.5 Å². The van der Waals surface area contributed by atoms with Crippen molar-refractivity contribution < 1.29 is 9.53 Å². The molecule has 4 aromatic rings. The summed E-state index contributed by atoms with van der Waals surface area (Å²) >= 11 is 0. The third-order valence-corrected chi connectivity index (χ3v) is 6.35. The van der Waals surface area contributed by atoms with Crippen molar-refractivity contribution in [2.45, 2.75) is 25.9 Å². The summed E-state index contributed by atoms with van der Waals surface area (Å²) in [5.74, 6) is 0.542. The minimum Gasteiger partial charge on any atom is -0.494 e. The number of hydrogen-bond donors (Lipinski definition) is 2. The molecule has 5 rings (SSSR count). The first-order valence-corrected chi connectivity index (χ1v) is 11.7. The van der Waals surface area contributed by atoms with Gasteiger partial charge in [-0.2, -0.15) is 5.10 Å². The van der Waals surface area contributed by atoms with Crippen LogP contribution in [0, 0.1) is 0 Å². The predicted octanol–water partition coefficient (Wildman–Crippen LogP) is 3.92. The molecule has 1 fully saturated rings. The van der Waals surface area contributed by atoms with E-state index in [4.69, 9.17) is 9.84 Å². The van der Waals surface area contributed by atoms with Crippen LogP contribution in [-0.4, -0.2) is 63.0 Å². The maximum atomic E-state index is 13.2. The number of benzene rings is 2. The normalized spacial score (nSPS) is 18.0. The number of fused-ring (bicyclic) bond motifs is 1. The fraction of sp³-hybridized carbons (Fsp3) is 0.308. The van der Waals surface area contributed by atoms with E-state index in [1.807, 2.05) is 67.5 Å². The average molecular weight is 472 g/mol. The fourth-order valence-corrected chi connectivity index (χ4v) is 4.53. The number of carbonyl (C=O) groups excluding carboxylic acids is 1. The molecule has 1 aliphatic heterocycles. The summed E-state index contributed by atoms with van der Waals surface area (Å²) in [6.07, 6.45) is 3.50. The van der Waals surface area contributed by atoms with Crippen molar-refractivity contribution in [1.82, 2.24) is 30.0 Å². The Bertz CT molecular complexity index is 1370. The maximum Gasteiger partial charge on any atom is 0.322 e. The Hall–Kier alpha value is -3.98. The van der Waals surface area contributed by atoms with Crippen LogP contribution in [0.5, 0.6) is 5.75 Å². The molecule has 1 aliphatic rings. The van der Waals surface area contributed by atoms with Gasteiger partial charge in [0.2, 0.25) is 0 Å². The number of amides is 2. The van der Waals surface area contributed by atoms with E-state index in [9.17, 15) is 4.79 Å². The van der Waals surface area contributed by atoms with Gasteiger partial charge in [0.25, 0.3) is 0 Å². The summed E-state index contributed by atoms with van der Waals surface area (Å²) in [5, 5.41) is 12.0.